The van der Waals surface area contributed by atoms with Gasteiger partial charge < -0.3 is 16.4 Å². The van der Waals surface area contributed by atoms with E-state index in [0.29, 0.717) is 18.0 Å². The van der Waals surface area contributed by atoms with E-state index in [9.17, 15) is 4.79 Å². The molecule has 0 aliphatic carbocycles. The molecule has 0 saturated heterocycles. The molecule has 0 bridgehead atoms. The van der Waals surface area contributed by atoms with Gasteiger partial charge in [0.05, 0.1) is 0 Å². The van der Waals surface area contributed by atoms with Gasteiger partial charge in [0.2, 0.25) is 5.91 Å². The highest BCUT2D eigenvalue weighted by molar-refractivity contribution is 7.98. The van der Waals surface area contributed by atoms with Crippen molar-refractivity contribution in [2.24, 2.45) is 5.73 Å². The number of thiocarbonyl (C=S) groups is 1. The first-order valence-electron chi connectivity index (χ1n) is 6.99. The summed E-state index contributed by atoms with van der Waals surface area (Å²) in [7, 11) is 0. The number of hydrogen-bond donors (Lipinski definition) is 3. The number of amides is 1. The van der Waals surface area contributed by atoms with E-state index < -0.39 is 0 Å². The maximum absolute atomic E-state index is 11.7. The first kappa shape index (κ1) is 17.8. The SMILES string of the molecule is CCC(C)NC(=O)CCNc1cccc(SC)c1C(N)=S. The molecule has 0 aliphatic heterocycles. The molecule has 4 N–H and O–H groups in total. The Bertz CT molecular complexity index is 506. The number of thioether (sulfide) groups is 1. The molecule has 0 spiro atoms. The monoisotopic (exact) mass is 325 g/mol. The Labute approximate surface area is 136 Å². The molecule has 0 aliphatic rings. The third kappa shape index (κ3) is 5.55. The lowest BCUT2D eigenvalue weighted by Crippen LogP contribution is -2.33. The fourth-order valence-corrected chi connectivity index (χ4v) is 2.79. The van der Waals surface area contributed by atoms with Crippen LogP contribution in [0.5, 0.6) is 0 Å². The number of nitrogens with two attached hydrogens (primary N) is 1. The van der Waals surface area contributed by atoms with E-state index in [1.54, 1.807) is 11.8 Å². The minimum absolute atomic E-state index is 0.0507. The van der Waals surface area contributed by atoms with Crippen LogP contribution in [0.1, 0.15) is 32.3 Å². The van der Waals surface area contributed by atoms with Crippen LogP contribution in [0.3, 0.4) is 0 Å². The fraction of sp³-hybridized carbons (Fsp3) is 0.467. The van der Waals surface area contributed by atoms with Gasteiger partial charge in [0.15, 0.2) is 0 Å². The van der Waals surface area contributed by atoms with Crippen LogP contribution in [0.25, 0.3) is 0 Å². The van der Waals surface area contributed by atoms with Crippen molar-refractivity contribution in [2.75, 3.05) is 18.1 Å². The van der Waals surface area contributed by atoms with Crippen LogP contribution >= 0.6 is 24.0 Å². The molecule has 1 amide bonds. The van der Waals surface area contributed by atoms with Crippen molar-refractivity contribution in [3.8, 4) is 0 Å². The molecular formula is C15H23N3OS2. The van der Waals surface area contributed by atoms with Crippen molar-refractivity contribution in [1.29, 1.82) is 0 Å². The van der Waals surface area contributed by atoms with Crippen molar-refractivity contribution >= 4 is 40.6 Å². The predicted molar refractivity (Wildman–Crippen MR) is 95.1 cm³/mol. The molecule has 1 rings (SSSR count). The second-order valence-electron chi connectivity index (χ2n) is 4.80. The highest BCUT2D eigenvalue weighted by atomic mass is 32.2. The summed E-state index contributed by atoms with van der Waals surface area (Å²) in [4.78, 5) is 13.1. The van der Waals surface area contributed by atoms with Gasteiger partial charge in [-0.15, -0.1) is 11.8 Å². The Morgan fingerprint density at radius 1 is 1.48 bits per heavy atom. The number of carbonyl (C=O) groups excluding carboxylic acids is 1. The van der Waals surface area contributed by atoms with E-state index in [1.165, 1.54) is 0 Å². The normalized spacial score (nSPS) is 11.8. The Morgan fingerprint density at radius 3 is 2.76 bits per heavy atom. The van der Waals surface area contributed by atoms with Gasteiger partial charge >= 0.3 is 0 Å². The summed E-state index contributed by atoms with van der Waals surface area (Å²) in [5.74, 6) is 0.0507. The first-order valence-corrected chi connectivity index (χ1v) is 8.62. The zero-order chi connectivity index (χ0) is 15.8. The number of hydrogen-bond acceptors (Lipinski definition) is 4. The van der Waals surface area contributed by atoms with E-state index in [2.05, 4.69) is 10.6 Å². The van der Waals surface area contributed by atoms with Gasteiger partial charge in [-0.05, 0) is 31.7 Å². The number of rotatable bonds is 8. The summed E-state index contributed by atoms with van der Waals surface area (Å²) in [6.07, 6.45) is 3.34. The molecule has 0 aromatic heterocycles. The topological polar surface area (TPSA) is 67.2 Å². The molecule has 6 heteroatoms. The van der Waals surface area contributed by atoms with Crippen molar-refractivity contribution in [2.45, 2.75) is 37.6 Å². The fourth-order valence-electron chi connectivity index (χ4n) is 1.86. The standard InChI is InChI=1S/C15H23N3OS2/c1-4-10(2)18-13(19)8-9-17-11-6-5-7-12(21-3)14(11)15(16)20/h5-7,10,17H,4,8-9H2,1-3H3,(H2,16,20)(H,18,19). The maximum atomic E-state index is 11.7. The van der Waals surface area contributed by atoms with Crippen LogP contribution < -0.4 is 16.4 Å². The Hall–Kier alpha value is -1.27. The summed E-state index contributed by atoms with van der Waals surface area (Å²) in [6, 6.07) is 6.08. The summed E-state index contributed by atoms with van der Waals surface area (Å²) >= 11 is 6.73. The van der Waals surface area contributed by atoms with Crippen molar-refractivity contribution < 1.29 is 4.79 Å². The lowest BCUT2D eigenvalue weighted by atomic mass is 10.1. The lowest BCUT2D eigenvalue weighted by Gasteiger charge is -2.15. The largest absolute Gasteiger partial charge is 0.389 e. The molecule has 1 aromatic rings. The van der Waals surface area contributed by atoms with Gasteiger partial charge in [-0.2, -0.15) is 0 Å². The van der Waals surface area contributed by atoms with Crippen LogP contribution in [-0.2, 0) is 4.79 Å². The first-order chi connectivity index (χ1) is 9.99. The molecule has 0 heterocycles. The highest BCUT2D eigenvalue weighted by Gasteiger charge is 2.11. The average molecular weight is 326 g/mol. The second kappa shape index (κ2) is 8.89. The van der Waals surface area contributed by atoms with E-state index >= 15 is 0 Å². The van der Waals surface area contributed by atoms with E-state index in [0.717, 1.165) is 22.6 Å². The predicted octanol–water partition coefficient (Wildman–Crippen LogP) is 2.76. The molecule has 4 nitrogen and oxygen atoms in total. The number of nitrogens with one attached hydrogen (secondary N) is 2. The van der Waals surface area contributed by atoms with Crippen LogP contribution in [0.15, 0.2) is 23.1 Å². The highest BCUT2D eigenvalue weighted by Crippen LogP contribution is 2.27. The average Bonchev–Trinajstić information content (AvgIpc) is 2.46. The van der Waals surface area contributed by atoms with Gasteiger partial charge in [0, 0.05) is 35.2 Å². The molecule has 1 atom stereocenters. The zero-order valence-electron chi connectivity index (χ0n) is 12.7. The molecule has 1 aromatic carbocycles. The van der Waals surface area contributed by atoms with Gasteiger partial charge in [0.25, 0.3) is 0 Å². The molecule has 0 saturated carbocycles. The van der Waals surface area contributed by atoms with Crippen LogP contribution in [0.4, 0.5) is 5.69 Å². The summed E-state index contributed by atoms with van der Waals surface area (Å²) in [6.45, 7) is 4.60. The van der Waals surface area contributed by atoms with Crippen molar-refractivity contribution in [3.63, 3.8) is 0 Å². The van der Waals surface area contributed by atoms with Crippen molar-refractivity contribution in [3.05, 3.63) is 23.8 Å². The number of carbonyl (C=O) groups is 1. The minimum atomic E-state index is 0.0507. The molecule has 116 valence electrons. The van der Waals surface area contributed by atoms with Crippen LogP contribution in [-0.4, -0.2) is 29.7 Å². The Balaban J connectivity index is 2.64. The van der Waals surface area contributed by atoms with E-state index in [1.807, 2.05) is 38.3 Å². The van der Waals surface area contributed by atoms with Crippen molar-refractivity contribution in [1.82, 2.24) is 5.32 Å². The molecular weight excluding hydrogens is 302 g/mol. The van der Waals surface area contributed by atoms with Gasteiger partial charge in [-0.1, -0.05) is 25.2 Å². The summed E-state index contributed by atoms with van der Waals surface area (Å²) in [5, 5.41) is 6.19. The lowest BCUT2D eigenvalue weighted by molar-refractivity contribution is -0.121. The smallest absolute Gasteiger partial charge is 0.221 e. The summed E-state index contributed by atoms with van der Waals surface area (Å²) in [5.41, 5.74) is 7.53. The maximum Gasteiger partial charge on any atom is 0.221 e. The second-order valence-corrected chi connectivity index (χ2v) is 6.09. The zero-order valence-corrected chi connectivity index (χ0v) is 14.4. The van der Waals surface area contributed by atoms with Crippen LogP contribution in [0.2, 0.25) is 0 Å². The van der Waals surface area contributed by atoms with Gasteiger partial charge in [-0.3, -0.25) is 4.79 Å². The molecule has 1 unspecified atom stereocenters. The van der Waals surface area contributed by atoms with E-state index in [4.69, 9.17) is 18.0 Å². The number of anilines is 1. The van der Waals surface area contributed by atoms with E-state index in [-0.39, 0.29) is 11.9 Å². The van der Waals surface area contributed by atoms with Gasteiger partial charge in [-0.25, -0.2) is 0 Å². The van der Waals surface area contributed by atoms with Crippen LogP contribution in [0, 0.1) is 0 Å². The Morgan fingerprint density at radius 2 is 2.19 bits per heavy atom. The minimum Gasteiger partial charge on any atom is -0.389 e. The Kier molecular flexibility index (Phi) is 7.53. The quantitative estimate of drug-likeness (QED) is 0.506. The molecule has 21 heavy (non-hydrogen) atoms. The third-order valence-corrected chi connectivity index (χ3v) is 4.16. The molecule has 0 fully saturated rings. The molecule has 0 radical (unpaired) electrons. The van der Waals surface area contributed by atoms with Gasteiger partial charge in [0.1, 0.15) is 4.99 Å². The number of benzene rings is 1. The summed E-state index contributed by atoms with van der Waals surface area (Å²) < 4.78 is 0. The third-order valence-electron chi connectivity index (χ3n) is 3.18.